The Hall–Kier alpha value is -2.64. The standard InChI is InChI=1S/C23H32N6O/c1-4-19(5-2)29-21(16-30-3)14-17-15-25-23(27-22(17)29)26-18-6-8-20(9-7-18)28-12-10-24-11-13-28/h6-9,14-15,19,24H,4-5,10-13,16H2,1-3H3,(H,25,26,27). The second-order valence-corrected chi connectivity index (χ2v) is 7.79. The zero-order valence-electron chi connectivity index (χ0n) is 18.2. The van der Waals surface area contributed by atoms with Gasteiger partial charge in [-0.2, -0.15) is 4.98 Å². The number of fused-ring (bicyclic) bond motifs is 1. The van der Waals surface area contributed by atoms with E-state index in [1.165, 1.54) is 5.69 Å². The molecule has 0 radical (unpaired) electrons. The smallest absolute Gasteiger partial charge is 0.229 e. The van der Waals surface area contributed by atoms with Gasteiger partial charge in [0, 0.05) is 68.0 Å². The largest absolute Gasteiger partial charge is 0.378 e. The number of piperazine rings is 1. The number of aromatic nitrogens is 3. The predicted molar refractivity (Wildman–Crippen MR) is 123 cm³/mol. The van der Waals surface area contributed by atoms with Gasteiger partial charge in [0.15, 0.2) is 0 Å². The molecule has 4 rings (SSSR count). The van der Waals surface area contributed by atoms with Crippen molar-refractivity contribution < 1.29 is 4.74 Å². The second kappa shape index (κ2) is 9.45. The first-order chi connectivity index (χ1) is 14.7. The zero-order valence-corrected chi connectivity index (χ0v) is 18.2. The molecule has 0 aliphatic carbocycles. The molecule has 1 saturated heterocycles. The molecule has 3 aromatic rings. The molecule has 7 heteroatoms. The zero-order chi connectivity index (χ0) is 20.9. The summed E-state index contributed by atoms with van der Waals surface area (Å²) in [6.07, 6.45) is 4.01. The van der Waals surface area contributed by atoms with Crippen molar-refractivity contribution in [2.45, 2.75) is 39.3 Å². The fourth-order valence-corrected chi connectivity index (χ4v) is 4.25. The van der Waals surface area contributed by atoms with Gasteiger partial charge >= 0.3 is 0 Å². The van der Waals surface area contributed by atoms with E-state index in [0.717, 1.165) is 61.4 Å². The predicted octanol–water partition coefficient (Wildman–Crippen LogP) is 4.09. The number of benzene rings is 1. The van der Waals surface area contributed by atoms with E-state index >= 15 is 0 Å². The van der Waals surface area contributed by atoms with Crippen LogP contribution in [0.15, 0.2) is 36.5 Å². The van der Waals surface area contributed by atoms with Crippen LogP contribution >= 0.6 is 0 Å². The van der Waals surface area contributed by atoms with E-state index in [1.807, 2.05) is 6.20 Å². The average molecular weight is 409 g/mol. The lowest BCUT2D eigenvalue weighted by Crippen LogP contribution is -2.43. The van der Waals surface area contributed by atoms with Crippen molar-refractivity contribution in [2.75, 3.05) is 43.5 Å². The average Bonchev–Trinajstić information content (AvgIpc) is 3.14. The van der Waals surface area contributed by atoms with Gasteiger partial charge in [-0.15, -0.1) is 0 Å². The number of methoxy groups -OCH3 is 1. The normalized spacial score (nSPS) is 14.6. The van der Waals surface area contributed by atoms with Gasteiger partial charge in [0.2, 0.25) is 5.95 Å². The maximum Gasteiger partial charge on any atom is 0.229 e. The monoisotopic (exact) mass is 408 g/mol. The van der Waals surface area contributed by atoms with Crippen LogP contribution in [0.1, 0.15) is 38.4 Å². The minimum atomic E-state index is 0.397. The first kappa shape index (κ1) is 20.6. The van der Waals surface area contributed by atoms with Gasteiger partial charge in [-0.25, -0.2) is 4.98 Å². The number of anilines is 3. The molecule has 0 spiro atoms. The highest BCUT2D eigenvalue weighted by atomic mass is 16.5. The summed E-state index contributed by atoms with van der Waals surface area (Å²) in [5.41, 5.74) is 4.36. The van der Waals surface area contributed by atoms with Crippen molar-refractivity contribution in [3.63, 3.8) is 0 Å². The molecular weight excluding hydrogens is 376 g/mol. The molecule has 160 valence electrons. The van der Waals surface area contributed by atoms with E-state index in [9.17, 15) is 0 Å². The Balaban J connectivity index is 1.59. The number of ether oxygens (including phenoxy) is 1. The molecule has 2 aromatic heterocycles. The number of hydrogen-bond acceptors (Lipinski definition) is 6. The molecular formula is C23H32N6O. The van der Waals surface area contributed by atoms with Gasteiger partial charge in [0.05, 0.1) is 6.61 Å². The van der Waals surface area contributed by atoms with Crippen molar-refractivity contribution in [3.05, 3.63) is 42.2 Å². The van der Waals surface area contributed by atoms with Crippen molar-refractivity contribution >= 4 is 28.4 Å². The number of nitrogens with one attached hydrogen (secondary N) is 2. The lowest BCUT2D eigenvalue weighted by molar-refractivity contribution is 0.176. The summed E-state index contributed by atoms with van der Waals surface area (Å²) in [4.78, 5) is 11.8. The Morgan fingerprint density at radius 1 is 1.13 bits per heavy atom. The Morgan fingerprint density at radius 3 is 2.53 bits per heavy atom. The van der Waals surface area contributed by atoms with Crippen molar-refractivity contribution in [1.29, 1.82) is 0 Å². The van der Waals surface area contributed by atoms with E-state index in [4.69, 9.17) is 9.72 Å². The maximum atomic E-state index is 5.43. The van der Waals surface area contributed by atoms with Crippen LogP contribution in [0.4, 0.5) is 17.3 Å². The number of nitrogens with zero attached hydrogens (tertiary/aromatic N) is 4. The van der Waals surface area contributed by atoms with Crippen LogP contribution in [0, 0.1) is 0 Å². The van der Waals surface area contributed by atoms with Crippen LogP contribution in [0.25, 0.3) is 11.0 Å². The summed E-state index contributed by atoms with van der Waals surface area (Å²) in [6.45, 7) is 9.17. The van der Waals surface area contributed by atoms with Crippen molar-refractivity contribution in [1.82, 2.24) is 19.9 Å². The lowest BCUT2D eigenvalue weighted by Gasteiger charge is -2.29. The van der Waals surface area contributed by atoms with Gasteiger partial charge in [-0.05, 0) is 43.2 Å². The highest BCUT2D eigenvalue weighted by Crippen LogP contribution is 2.28. The van der Waals surface area contributed by atoms with Gasteiger partial charge in [-0.3, -0.25) is 0 Å². The highest BCUT2D eigenvalue weighted by Gasteiger charge is 2.17. The Kier molecular flexibility index (Phi) is 6.50. The molecule has 1 aromatic carbocycles. The Labute approximate surface area is 178 Å². The quantitative estimate of drug-likeness (QED) is 0.585. The van der Waals surface area contributed by atoms with Crippen LogP contribution < -0.4 is 15.5 Å². The molecule has 3 heterocycles. The molecule has 0 amide bonds. The molecule has 0 bridgehead atoms. The van der Waals surface area contributed by atoms with Gasteiger partial charge in [0.25, 0.3) is 0 Å². The first-order valence-corrected chi connectivity index (χ1v) is 10.9. The summed E-state index contributed by atoms with van der Waals surface area (Å²) >= 11 is 0. The molecule has 0 saturated carbocycles. The highest BCUT2D eigenvalue weighted by molar-refractivity contribution is 5.78. The van der Waals surface area contributed by atoms with E-state index in [2.05, 4.69) is 69.3 Å². The molecule has 7 nitrogen and oxygen atoms in total. The minimum absolute atomic E-state index is 0.397. The second-order valence-electron chi connectivity index (χ2n) is 7.79. The van der Waals surface area contributed by atoms with Gasteiger partial charge < -0.3 is 24.8 Å². The van der Waals surface area contributed by atoms with E-state index in [0.29, 0.717) is 18.6 Å². The van der Waals surface area contributed by atoms with E-state index in [-0.39, 0.29) is 0 Å². The van der Waals surface area contributed by atoms with Crippen LogP contribution in [0.5, 0.6) is 0 Å². The Morgan fingerprint density at radius 2 is 1.87 bits per heavy atom. The third-order valence-electron chi connectivity index (χ3n) is 5.86. The summed E-state index contributed by atoms with van der Waals surface area (Å²) in [5, 5.41) is 7.81. The lowest BCUT2D eigenvalue weighted by atomic mass is 10.1. The number of rotatable bonds is 8. The summed E-state index contributed by atoms with van der Waals surface area (Å²) in [5.74, 6) is 0.617. The molecule has 1 aliphatic rings. The third kappa shape index (κ3) is 4.27. The van der Waals surface area contributed by atoms with Crippen LogP contribution in [0.2, 0.25) is 0 Å². The fraction of sp³-hybridized carbons (Fsp3) is 0.478. The van der Waals surface area contributed by atoms with Crippen LogP contribution in [-0.4, -0.2) is 47.8 Å². The van der Waals surface area contributed by atoms with E-state index < -0.39 is 0 Å². The summed E-state index contributed by atoms with van der Waals surface area (Å²) < 4.78 is 7.75. The fourth-order valence-electron chi connectivity index (χ4n) is 4.25. The van der Waals surface area contributed by atoms with Crippen molar-refractivity contribution in [2.24, 2.45) is 0 Å². The summed E-state index contributed by atoms with van der Waals surface area (Å²) in [7, 11) is 1.73. The van der Waals surface area contributed by atoms with Gasteiger partial charge in [-0.1, -0.05) is 13.8 Å². The third-order valence-corrected chi connectivity index (χ3v) is 5.86. The van der Waals surface area contributed by atoms with Crippen LogP contribution in [-0.2, 0) is 11.3 Å². The molecule has 1 aliphatic heterocycles. The molecule has 30 heavy (non-hydrogen) atoms. The number of hydrogen-bond donors (Lipinski definition) is 2. The Bertz CT molecular complexity index is 958. The van der Waals surface area contributed by atoms with Gasteiger partial charge in [0.1, 0.15) is 5.65 Å². The molecule has 2 N–H and O–H groups in total. The first-order valence-electron chi connectivity index (χ1n) is 10.9. The van der Waals surface area contributed by atoms with Crippen LogP contribution in [0.3, 0.4) is 0 Å². The molecule has 1 fully saturated rings. The maximum absolute atomic E-state index is 5.43. The summed E-state index contributed by atoms with van der Waals surface area (Å²) in [6, 6.07) is 11.1. The minimum Gasteiger partial charge on any atom is -0.378 e. The van der Waals surface area contributed by atoms with E-state index in [1.54, 1.807) is 7.11 Å². The topological polar surface area (TPSA) is 67.2 Å². The SMILES string of the molecule is CCC(CC)n1c(COC)cc2cnc(Nc3ccc(N4CCNCC4)cc3)nc21. The molecule has 0 unspecified atom stereocenters. The molecule has 0 atom stereocenters. The van der Waals surface area contributed by atoms with Crippen molar-refractivity contribution in [3.8, 4) is 0 Å².